The molecule has 0 amide bonds. The number of hydrogen-bond donors (Lipinski definition) is 0. The molecule has 108 valence electrons. The summed E-state index contributed by atoms with van der Waals surface area (Å²) in [5.41, 5.74) is 3.67. The average molecular weight is 306 g/mol. The molecular formula is C18H14N2OS. The molecule has 2 aromatic heterocycles. The van der Waals surface area contributed by atoms with E-state index in [0.717, 1.165) is 17.0 Å². The number of aromatic nitrogens is 1. The first kappa shape index (κ1) is 14.3. The van der Waals surface area contributed by atoms with Gasteiger partial charge < -0.3 is 4.42 Å². The molecule has 3 nitrogen and oxygen atoms in total. The Morgan fingerprint density at radius 1 is 1.18 bits per heavy atom. The van der Waals surface area contributed by atoms with Crippen molar-refractivity contribution in [2.24, 2.45) is 0 Å². The molecule has 0 saturated carbocycles. The second-order valence-electron chi connectivity index (χ2n) is 5.02. The smallest absolute Gasteiger partial charge is 0.134 e. The fraction of sp³-hybridized carbons (Fsp3) is 0.111. The highest BCUT2D eigenvalue weighted by Crippen LogP contribution is 2.27. The summed E-state index contributed by atoms with van der Waals surface area (Å²) >= 11 is 1.46. The Morgan fingerprint density at radius 2 is 1.95 bits per heavy atom. The lowest BCUT2D eigenvalue weighted by Crippen LogP contribution is -1.82. The van der Waals surface area contributed by atoms with Gasteiger partial charge >= 0.3 is 0 Å². The van der Waals surface area contributed by atoms with Crippen LogP contribution in [0.15, 0.2) is 46.2 Å². The summed E-state index contributed by atoms with van der Waals surface area (Å²) in [5, 5.41) is 12.0. The Labute approximate surface area is 133 Å². The van der Waals surface area contributed by atoms with Gasteiger partial charge in [-0.2, -0.15) is 5.26 Å². The molecule has 4 heteroatoms. The lowest BCUT2D eigenvalue weighted by Gasteiger charge is -1.97. The molecule has 3 aromatic rings. The lowest BCUT2D eigenvalue weighted by molar-refractivity contribution is 0.525. The van der Waals surface area contributed by atoms with E-state index in [9.17, 15) is 5.26 Å². The van der Waals surface area contributed by atoms with E-state index in [1.54, 1.807) is 6.08 Å². The number of furan rings is 1. The maximum atomic E-state index is 9.37. The maximum Gasteiger partial charge on any atom is 0.134 e. The Morgan fingerprint density at radius 3 is 2.59 bits per heavy atom. The summed E-state index contributed by atoms with van der Waals surface area (Å²) in [6.45, 7) is 3.93. The van der Waals surface area contributed by atoms with Gasteiger partial charge in [0.05, 0.1) is 11.3 Å². The summed E-state index contributed by atoms with van der Waals surface area (Å²) in [7, 11) is 0. The number of thiazole rings is 1. The quantitative estimate of drug-likeness (QED) is 0.634. The van der Waals surface area contributed by atoms with Gasteiger partial charge in [0.1, 0.15) is 22.6 Å². The molecular weight excluding hydrogens is 292 g/mol. The minimum Gasteiger partial charge on any atom is -0.462 e. The molecule has 1 aromatic carbocycles. The molecule has 0 unspecified atom stereocenters. The fourth-order valence-corrected chi connectivity index (χ4v) is 2.86. The molecule has 0 aliphatic carbocycles. The zero-order valence-corrected chi connectivity index (χ0v) is 13.1. The van der Waals surface area contributed by atoms with E-state index in [0.29, 0.717) is 16.3 Å². The Hall–Kier alpha value is -2.64. The first-order valence-electron chi connectivity index (χ1n) is 6.87. The number of nitrogens with zero attached hydrogens (tertiary/aromatic N) is 2. The van der Waals surface area contributed by atoms with E-state index in [-0.39, 0.29) is 0 Å². The van der Waals surface area contributed by atoms with Gasteiger partial charge in [0.15, 0.2) is 0 Å². The fourth-order valence-electron chi connectivity index (χ4n) is 2.07. The molecule has 0 saturated heterocycles. The predicted molar refractivity (Wildman–Crippen MR) is 89.2 cm³/mol. The van der Waals surface area contributed by atoms with E-state index in [4.69, 9.17) is 4.42 Å². The number of hydrogen-bond acceptors (Lipinski definition) is 4. The van der Waals surface area contributed by atoms with Crippen LogP contribution in [0, 0.1) is 25.2 Å². The second-order valence-corrected chi connectivity index (χ2v) is 5.88. The molecule has 0 aliphatic heterocycles. The van der Waals surface area contributed by atoms with Gasteiger partial charge in [-0.1, -0.05) is 29.8 Å². The zero-order chi connectivity index (χ0) is 15.5. The standard InChI is InChI=1S/C18H14N2OS/c1-12-3-6-14(7-4-12)17-11-22-18(20-17)15(10-19)9-16-8-5-13(2)21-16/h3-9,11H,1-2H3/b15-9-. The van der Waals surface area contributed by atoms with Crippen molar-refractivity contribution in [1.29, 1.82) is 5.26 Å². The van der Waals surface area contributed by atoms with Gasteiger partial charge in [-0.15, -0.1) is 11.3 Å². The number of nitriles is 1. The Kier molecular flexibility index (Phi) is 3.90. The van der Waals surface area contributed by atoms with Crippen LogP contribution in [-0.4, -0.2) is 4.98 Å². The van der Waals surface area contributed by atoms with Crippen LogP contribution in [0.25, 0.3) is 22.9 Å². The van der Waals surface area contributed by atoms with Crippen LogP contribution in [0.3, 0.4) is 0 Å². The van der Waals surface area contributed by atoms with Gasteiger partial charge in [0, 0.05) is 17.0 Å². The molecule has 3 rings (SSSR count). The van der Waals surface area contributed by atoms with Crippen LogP contribution < -0.4 is 0 Å². The molecule has 22 heavy (non-hydrogen) atoms. The third-order valence-corrected chi connectivity index (χ3v) is 4.13. The highest BCUT2D eigenvalue weighted by molar-refractivity contribution is 7.11. The summed E-state index contributed by atoms with van der Waals surface area (Å²) in [4.78, 5) is 4.57. The minimum atomic E-state index is 0.512. The molecule has 0 spiro atoms. The minimum absolute atomic E-state index is 0.512. The molecule has 0 N–H and O–H groups in total. The van der Waals surface area contributed by atoms with Crippen molar-refractivity contribution in [3.8, 4) is 17.3 Å². The van der Waals surface area contributed by atoms with Crippen molar-refractivity contribution in [3.63, 3.8) is 0 Å². The monoisotopic (exact) mass is 306 g/mol. The van der Waals surface area contributed by atoms with E-state index >= 15 is 0 Å². The van der Waals surface area contributed by atoms with Gasteiger partial charge in [-0.25, -0.2) is 4.98 Å². The van der Waals surface area contributed by atoms with Gasteiger partial charge in [-0.05, 0) is 26.0 Å². The van der Waals surface area contributed by atoms with Gasteiger partial charge in [0.25, 0.3) is 0 Å². The maximum absolute atomic E-state index is 9.37. The van der Waals surface area contributed by atoms with Crippen LogP contribution in [0.2, 0.25) is 0 Å². The predicted octanol–water partition coefficient (Wildman–Crippen LogP) is 5.08. The van der Waals surface area contributed by atoms with Crippen LogP contribution in [0.5, 0.6) is 0 Å². The summed E-state index contributed by atoms with van der Waals surface area (Å²) < 4.78 is 5.49. The average Bonchev–Trinajstić information content (AvgIpc) is 3.15. The molecule has 2 heterocycles. The first-order chi connectivity index (χ1) is 10.7. The first-order valence-corrected chi connectivity index (χ1v) is 7.75. The van der Waals surface area contributed by atoms with Crippen LogP contribution in [-0.2, 0) is 0 Å². The highest BCUT2D eigenvalue weighted by Gasteiger charge is 2.10. The topological polar surface area (TPSA) is 49.8 Å². The molecule has 0 radical (unpaired) electrons. The molecule has 0 aliphatic rings. The summed E-state index contributed by atoms with van der Waals surface area (Å²) in [6.07, 6.45) is 1.73. The van der Waals surface area contributed by atoms with E-state index in [1.165, 1.54) is 16.9 Å². The number of benzene rings is 1. The van der Waals surface area contributed by atoms with E-state index in [1.807, 2.05) is 36.6 Å². The Bertz CT molecular complexity index is 863. The lowest BCUT2D eigenvalue weighted by atomic mass is 10.1. The van der Waals surface area contributed by atoms with Crippen LogP contribution >= 0.6 is 11.3 Å². The normalized spacial score (nSPS) is 11.4. The second kappa shape index (κ2) is 6.00. The van der Waals surface area contributed by atoms with Crippen molar-refractivity contribution < 1.29 is 4.42 Å². The highest BCUT2D eigenvalue weighted by atomic mass is 32.1. The summed E-state index contributed by atoms with van der Waals surface area (Å²) in [5.74, 6) is 1.49. The third-order valence-electron chi connectivity index (χ3n) is 3.25. The molecule has 0 atom stereocenters. The largest absolute Gasteiger partial charge is 0.462 e. The van der Waals surface area contributed by atoms with Crippen molar-refractivity contribution in [2.45, 2.75) is 13.8 Å². The van der Waals surface area contributed by atoms with E-state index < -0.39 is 0 Å². The van der Waals surface area contributed by atoms with Crippen LogP contribution in [0.1, 0.15) is 22.1 Å². The van der Waals surface area contributed by atoms with Crippen LogP contribution in [0.4, 0.5) is 0 Å². The zero-order valence-electron chi connectivity index (χ0n) is 12.3. The number of aryl methyl sites for hydroxylation is 2. The van der Waals surface area contributed by atoms with Gasteiger partial charge in [0.2, 0.25) is 0 Å². The molecule has 0 fully saturated rings. The summed E-state index contributed by atoms with van der Waals surface area (Å²) in [6, 6.07) is 14.1. The number of allylic oxidation sites excluding steroid dienone is 1. The number of rotatable bonds is 3. The molecule has 0 bridgehead atoms. The Balaban J connectivity index is 1.93. The van der Waals surface area contributed by atoms with Crippen molar-refractivity contribution >= 4 is 23.0 Å². The SMILES string of the molecule is Cc1ccc(-c2csc(/C(C#N)=C\c3ccc(C)o3)n2)cc1. The van der Waals surface area contributed by atoms with E-state index in [2.05, 4.69) is 30.1 Å². The van der Waals surface area contributed by atoms with Crippen molar-refractivity contribution in [1.82, 2.24) is 4.98 Å². The van der Waals surface area contributed by atoms with Crippen molar-refractivity contribution in [2.75, 3.05) is 0 Å². The van der Waals surface area contributed by atoms with Gasteiger partial charge in [-0.3, -0.25) is 0 Å². The van der Waals surface area contributed by atoms with Crippen molar-refractivity contribution in [3.05, 3.63) is 63.9 Å². The third kappa shape index (κ3) is 3.00.